The van der Waals surface area contributed by atoms with Gasteiger partial charge in [-0.25, -0.2) is 0 Å². The highest BCUT2D eigenvalue weighted by molar-refractivity contribution is 9.10. The topological polar surface area (TPSA) is 17.1 Å². The van der Waals surface area contributed by atoms with Gasteiger partial charge in [-0.15, -0.1) is 0 Å². The maximum atomic E-state index is 12.1. The Kier molecular flexibility index (Phi) is 3.82. The number of benzene rings is 2. The van der Waals surface area contributed by atoms with Gasteiger partial charge in [-0.3, -0.25) is 4.79 Å². The van der Waals surface area contributed by atoms with Gasteiger partial charge < -0.3 is 0 Å². The molecule has 0 amide bonds. The largest absolute Gasteiger partial charge is 0.289 e. The molecule has 2 aromatic carbocycles. The molecule has 0 N–H and O–H groups in total. The van der Waals surface area contributed by atoms with E-state index >= 15 is 0 Å². The predicted molar refractivity (Wildman–Crippen MR) is 76.8 cm³/mol. The minimum Gasteiger partial charge on any atom is -0.289 e. The molecule has 84 valence electrons. The van der Waals surface area contributed by atoms with Crippen molar-refractivity contribution >= 4 is 39.3 Å². The standard InChI is InChI=1S/C14H9BrOS/c15-13-3-1-2-12(8-13)14(16)11-6-4-10(9-17)5-7-11/h1-9H. The lowest BCUT2D eigenvalue weighted by atomic mass is 10.0. The SMILES string of the molecule is O=C(c1ccc(C=S)cc1)c1cccc(Br)c1. The molecule has 0 bridgehead atoms. The van der Waals surface area contributed by atoms with Gasteiger partial charge in [-0.05, 0) is 17.7 Å². The van der Waals surface area contributed by atoms with E-state index in [4.69, 9.17) is 12.2 Å². The van der Waals surface area contributed by atoms with Gasteiger partial charge in [0.05, 0.1) is 0 Å². The highest BCUT2D eigenvalue weighted by Crippen LogP contribution is 2.15. The molecular formula is C14H9BrOS. The van der Waals surface area contributed by atoms with E-state index in [1.807, 2.05) is 30.3 Å². The molecule has 3 heteroatoms. The third kappa shape index (κ3) is 2.87. The zero-order chi connectivity index (χ0) is 12.3. The van der Waals surface area contributed by atoms with Gasteiger partial charge in [0, 0.05) is 21.0 Å². The Morgan fingerprint density at radius 2 is 1.76 bits per heavy atom. The van der Waals surface area contributed by atoms with Crippen LogP contribution in [-0.2, 0) is 0 Å². The molecule has 2 aromatic rings. The third-order valence-electron chi connectivity index (χ3n) is 2.40. The first-order chi connectivity index (χ1) is 8.20. The first kappa shape index (κ1) is 12.1. The first-order valence-electron chi connectivity index (χ1n) is 5.06. The molecule has 0 heterocycles. The van der Waals surface area contributed by atoms with E-state index in [-0.39, 0.29) is 5.78 Å². The van der Waals surface area contributed by atoms with Gasteiger partial charge in [0.1, 0.15) is 0 Å². The molecular weight excluding hydrogens is 296 g/mol. The van der Waals surface area contributed by atoms with Crippen molar-refractivity contribution in [3.05, 3.63) is 69.7 Å². The van der Waals surface area contributed by atoms with E-state index in [1.54, 1.807) is 23.6 Å². The van der Waals surface area contributed by atoms with E-state index < -0.39 is 0 Å². The summed E-state index contributed by atoms with van der Waals surface area (Å²) in [6.45, 7) is 0. The fourth-order valence-electron chi connectivity index (χ4n) is 1.51. The quantitative estimate of drug-likeness (QED) is 0.629. The highest BCUT2D eigenvalue weighted by Gasteiger charge is 2.08. The average molecular weight is 305 g/mol. The summed E-state index contributed by atoms with van der Waals surface area (Å²) in [6.07, 6.45) is 0. The molecule has 17 heavy (non-hydrogen) atoms. The number of hydrogen-bond acceptors (Lipinski definition) is 2. The molecule has 0 saturated heterocycles. The van der Waals surface area contributed by atoms with Crippen molar-refractivity contribution in [2.75, 3.05) is 0 Å². The smallest absolute Gasteiger partial charge is 0.193 e. The number of rotatable bonds is 3. The second-order valence-electron chi connectivity index (χ2n) is 3.58. The number of thiocarbonyl (C=S) groups is 1. The van der Waals surface area contributed by atoms with Gasteiger partial charge >= 0.3 is 0 Å². The molecule has 0 aliphatic carbocycles. The summed E-state index contributed by atoms with van der Waals surface area (Å²) in [6, 6.07) is 14.6. The van der Waals surface area contributed by atoms with Crippen molar-refractivity contribution in [2.45, 2.75) is 0 Å². The van der Waals surface area contributed by atoms with Crippen molar-refractivity contribution in [3.63, 3.8) is 0 Å². The maximum absolute atomic E-state index is 12.1. The molecule has 0 fully saturated rings. The van der Waals surface area contributed by atoms with Gasteiger partial charge in [0.15, 0.2) is 5.78 Å². The van der Waals surface area contributed by atoms with Crippen LogP contribution in [-0.4, -0.2) is 11.2 Å². The third-order valence-corrected chi connectivity index (χ3v) is 3.16. The fourth-order valence-corrected chi connectivity index (χ4v) is 2.07. The molecule has 0 spiro atoms. The molecule has 0 aliphatic heterocycles. The Balaban J connectivity index is 2.33. The van der Waals surface area contributed by atoms with E-state index in [2.05, 4.69) is 15.9 Å². The number of ketones is 1. The summed E-state index contributed by atoms with van der Waals surface area (Å²) in [5, 5.41) is 1.59. The molecule has 0 radical (unpaired) electrons. The zero-order valence-corrected chi connectivity index (χ0v) is 11.3. The maximum Gasteiger partial charge on any atom is 0.193 e. The summed E-state index contributed by atoms with van der Waals surface area (Å²) >= 11 is 8.18. The number of carbonyl (C=O) groups is 1. The van der Waals surface area contributed by atoms with E-state index in [0.29, 0.717) is 11.1 Å². The molecule has 0 aliphatic rings. The fraction of sp³-hybridized carbons (Fsp3) is 0. The number of hydrogen-bond donors (Lipinski definition) is 0. The highest BCUT2D eigenvalue weighted by atomic mass is 79.9. The number of halogens is 1. The minimum atomic E-state index is 0.0159. The van der Waals surface area contributed by atoms with Crippen LogP contribution in [0.15, 0.2) is 53.0 Å². The van der Waals surface area contributed by atoms with Crippen molar-refractivity contribution in [1.29, 1.82) is 0 Å². The summed E-state index contributed by atoms with van der Waals surface area (Å²) in [5.41, 5.74) is 2.28. The molecule has 0 aromatic heterocycles. The van der Waals surface area contributed by atoms with Crippen LogP contribution < -0.4 is 0 Å². The molecule has 0 saturated carbocycles. The van der Waals surface area contributed by atoms with Crippen molar-refractivity contribution < 1.29 is 4.79 Å². The average Bonchev–Trinajstić information content (AvgIpc) is 2.38. The number of carbonyl (C=O) groups excluding carboxylic acids is 1. The van der Waals surface area contributed by atoms with Crippen molar-refractivity contribution in [2.24, 2.45) is 0 Å². The van der Waals surface area contributed by atoms with E-state index in [9.17, 15) is 4.79 Å². The molecule has 0 atom stereocenters. The van der Waals surface area contributed by atoms with Crippen LogP contribution in [0.2, 0.25) is 0 Å². The molecule has 1 nitrogen and oxygen atoms in total. The Labute approximate surface area is 114 Å². The second kappa shape index (κ2) is 5.34. The van der Waals surface area contributed by atoms with Gasteiger partial charge in [-0.1, -0.05) is 64.5 Å². The Morgan fingerprint density at radius 3 is 2.35 bits per heavy atom. The van der Waals surface area contributed by atoms with E-state index in [0.717, 1.165) is 10.0 Å². The van der Waals surface area contributed by atoms with Crippen LogP contribution >= 0.6 is 28.1 Å². The van der Waals surface area contributed by atoms with Crippen LogP contribution in [0.5, 0.6) is 0 Å². The summed E-state index contributed by atoms with van der Waals surface area (Å²) in [7, 11) is 0. The van der Waals surface area contributed by atoms with E-state index in [1.165, 1.54) is 0 Å². The zero-order valence-electron chi connectivity index (χ0n) is 8.89. The molecule has 0 unspecified atom stereocenters. The summed E-state index contributed by atoms with van der Waals surface area (Å²) in [5.74, 6) is 0.0159. The predicted octanol–water partition coefficient (Wildman–Crippen LogP) is 4.03. The van der Waals surface area contributed by atoms with Crippen molar-refractivity contribution in [1.82, 2.24) is 0 Å². The normalized spacial score (nSPS) is 9.94. The van der Waals surface area contributed by atoms with Crippen LogP contribution in [0.3, 0.4) is 0 Å². The Bertz CT molecular complexity index is 561. The van der Waals surface area contributed by atoms with Crippen LogP contribution in [0.1, 0.15) is 21.5 Å². The lowest BCUT2D eigenvalue weighted by Gasteiger charge is -2.02. The van der Waals surface area contributed by atoms with Gasteiger partial charge in [-0.2, -0.15) is 0 Å². The summed E-state index contributed by atoms with van der Waals surface area (Å²) < 4.78 is 0.902. The second-order valence-corrected chi connectivity index (χ2v) is 4.73. The van der Waals surface area contributed by atoms with Gasteiger partial charge in [0.25, 0.3) is 0 Å². The van der Waals surface area contributed by atoms with Crippen LogP contribution in [0.4, 0.5) is 0 Å². The first-order valence-corrected chi connectivity index (χ1v) is 6.32. The molecule has 2 rings (SSSR count). The lowest BCUT2D eigenvalue weighted by Crippen LogP contribution is -2.01. The van der Waals surface area contributed by atoms with Crippen LogP contribution in [0.25, 0.3) is 0 Å². The van der Waals surface area contributed by atoms with Crippen molar-refractivity contribution in [3.8, 4) is 0 Å². The monoisotopic (exact) mass is 304 g/mol. The lowest BCUT2D eigenvalue weighted by molar-refractivity contribution is 0.103. The Morgan fingerprint density at radius 1 is 1.06 bits per heavy atom. The van der Waals surface area contributed by atoms with Crippen LogP contribution in [0, 0.1) is 0 Å². The summed E-state index contributed by atoms with van der Waals surface area (Å²) in [4.78, 5) is 12.1. The Hall–Kier alpha value is -1.32. The minimum absolute atomic E-state index is 0.0159. The van der Waals surface area contributed by atoms with Gasteiger partial charge in [0.2, 0.25) is 0 Å².